The first-order valence-corrected chi connectivity index (χ1v) is 12.3. The Kier molecular flexibility index (Phi) is 9.64. The third-order valence-corrected chi connectivity index (χ3v) is 6.47. The van der Waals surface area contributed by atoms with Crippen LogP contribution in [0.2, 0.25) is 0 Å². The van der Waals surface area contributed by atoms with E-state index in [1.165, 1.54) is 36.0 Å². The van der Waals surface area contributed by atoms with Crippen LogP contribution in [0.25, 0.3) is 11.0 Å². The summed E-state index contributed by atoms with van der Waals surface area (Å²) in [7, 11) is -3.60. The molecular formula is C21H25F3O5S2. The van der Waals surface area contributed by atoms with Crippen molar-refractivity contribution in [2.24, 2.45) is 0 Å². The number of hydrogen-bond donors (Lipinski definition) is 0. The van der Waals surface area contributed by atoms with E-state index in [9.17, 15) is 26.4 Å². The highest BCUT2D eigenvalue weighted by molar-refractivity contribution is 7.99. The van der Waals surface area contributed by atoms with Gasteiger partial charge >= 0.3 is 11.8 Å². The first-order chi connectivity index (χ1) is 14.6. The third-order valence-electron chi connectivity index (χ3n) is 4.42. The molecule has 0 amide bonds. The second kappa shape index (κ2) is 11.7. The van der Waals surface area contributed by atoms with E-state index >= 15 is 0 Å². The van der Waals surface area contributed by atoms with Crippen molar-refractivity contribution in [3.8, 4) is 0 Å². The summed E-state index contributed by atoms with van der Waals surface area (Å²) in [6.45, 7) is 3.31. The normalized spacial score (nSPS) is 12.4. The van der Waals surface area contributed by atoms with Gasteiger partial charge in [-0.1, -0.05) is 38.3 Å². The van der Waals surface area contributed by atoms with Crippen LogP contribution >= 0.6 is 11.8 Å². The molecule has 0 aliphatic rings. The molecule has 0 bridgehead atoms. The van der Waals surface area contributed by atoms with Crippen molar-refractivity contribution in [2.75, 3.05) is 12.4 Å². The van der Waals surface area contributed by atoms with Crippen LogP contribution in [0.5, 0.6) is 0 Å². The fraction of sp³-hybridized carbons (Fsp3) is 0.476. The fourth-order valence-electron chi connectivity index (χ4n) is 2.96. The lowest BCUT2D eigenvalue weighted by Crippen LogP contribution is -2.11. The van der Waals surface area contributed by atoms with Crippen molar-refractivity contribution in [3.05, 3.63) is 52.2 Å². The fourth-order valence-corrected chi connectivity index (χ4v) is 4.47. The Bertz CT molecular complexity index is 1030. The molecule has 0 saturated carbocycles. The Morgan fingerprint density at radius 3 is 2.42 bits per heavy atom. The lowest BCUT2D eigenvalue weighted by molar-refractivity contribution is -0.127. The highest BCUT2D eigenvalue weighted by Gasteiger charge is 2.27. The largest absolute Gasteiger partial charge is 0.423 e. The van der Waals surface area contributed by atoms with E-state index in [0.29, 0.717) is 16.7 Å². The maximum Gasteiger partial charge on any atom is 0.393 e. The van der Waals surface area contributed by atoms with Crippen LogP contribution < -0.4 is 5.63 Å². The minimum absolute atomic E-state index is 0.126. The van der Waals surface area contributed by atoms with Gasteiger partial charge in [0, 0.05) is 16.3 Å². The molecule has 0 saturated heterocycles. The zero-order valence-electron chi connectivity index (χ0n) is 16.9. The number of alkyl halides is 3. The summed E-state index contributed by atoms with van der Waals surface area (Å²) >= 11 is 1.43. The van der Waals surface area contributed by atoms with Crippen molar-refractivity contribution in [1.29, 1.82) is 0 Å². The first-order valence-electron chi connectivity index (χ1n) is 9.88. The molecule has 0 unspecified atom stereocenters. The summed E-state index contributed by atoms with van der Waals surface area (Å²) in [6.07, 6.45) is -0.0735. The highest BCUT2D eigenvalue weighted by atomic mass is 32.2. The number of unbranched alkanes of at least 4 members (excludes halogenated alkanes) is 5. The monoisotopic (exact) mass is 478 g/mol. The van der Waals surface area contributed by atoms with Gasteiger partial charge in [0.15, 0.2) is 0 Å². The third kappa shape index (κ3) is 9.49. The van der Waals surface area contributed by atoms with Crippen LogP contribution in [-0.2, 0) is 20.7 Å². The van der Waals surface area contributed by atoms with Crippen molar-refractivity contribution < 1.29 is 30.2 Å². The Morgan fingerprint density at radius 2 is 1.74 bits per heavy atom. The molecule has 1 heterocycles. The maximum absolute atomic E-state index is 12.7. The SMILES string of the molecule is C=CS(=O)(=O)OCCCCCCCCSc1cc(=O)oc2ccc(CC(F)(F)F)cc12. The number of fused-ring (bicyclic) bond motifs is 1. The van der Waals surface area contributed by atoms with E-state index in [-0.39, 0.29) is 17.8 Å². The number of thioether (sulfide) groups is 1. The van der Waals surface area contributed by atoms with Gasteiger partial charge in [0.1, 0.15) is 5.58 Å². The molecule has 1 aromatic carbocycles. The van der Waals surface area contributed by atoms with E-state index in [2.05, 4.69) is 6.58 Å². The van der Waals surface area contributed by atoms with Crippen LogP contribution in [0, 0.1) is 0 Å². The molecule has 0 aliphatic carbocycles. The smallest absolute Gasteiger partial charge is 0.393 e. The van der Waals surface area contributed by atoms with Crippen molar-refractivity contribution in [3.63, 3.8) is 0 Å². The molecule has 2 rings (SSSR count). The van der Waals surface area contributed by atoms with Crippen molar-refractivity contribution in [2.45, 2.75) is 56.0 Å². The van der Waals surface area contributed by atoms with Crippen molar-refractivity contribution in [1.82, 2.24) is 0 Å². The second-order valence-electron chi connectivity index (χ2n) is 7.00. The number of halogens is 3. The second-order valence-corrected chi connectivity index (χ2v) is 9.69. The van der Waals surface area contributed by atoms with E-state index in [4.69, 9.17) is 8.60 Å². The molecule has 10 heteroatoms. The molecule has 0 N–H and O–H groups in total. The number of benzene rings is 1. The summed E-state index contributed by atoms with van der Waals surface area (Å²) in [6, 6.07) is 5.49. The quantitative estimate of drug-likeness (QED) is 0.156. The molecule has 0 spiro atoms. The molecular weight excluding hydrogens is 453 g/mol. The number of rotatable bonds is 13. The summed E-state index contributed by atoms with van der Waals surface area (Å²) < 4.78 is 70.0. The summed E-state index contributed by atoms with van der Waals surface area (Å²) in [5.74, 6) is 0.725. The van der Waals surface area contributed by atoms with E-state index in [1.54, 1.807) is 0 Å². The Hall–Kier alpha value is -1.78. The molecule has 0 fully saturated rings. The van der Waals surface area contributed by atoms with Crippen LogP contribution in [0.4, 0.5) is 13.2 Å². The molecule has 0 atom stereocenters. The van der Waals surface area contributed by atoms with Gasteiger partial charge in [-0.05, 0) is 36.3 Å². The Labute approximate surface area is 183 Å². The minimum Gasteiger partial charge on any atom is -0.423 e. The zero-order chi connectivity index (χ0) is 22.9. The molecule has 1 aromatic heterocycles. The minimum atomic E-state index is -4.30. The van der Waals surface area contributed by atoms with Gasteiger partial charge in [0.25, 0.3) is 10.1 Å². The van der Waals surface area contributed by atoms with Crippen LogP contribution in [0.15, 0.2) is 50.4 Å². The van der Waals surface area contributed by atoms with Gasteiger partial charge in [0.2, 0.25) is 0 Å². The molecule has 31 heavy (non-hydrogen) atoms. The molecule has 172 valence electrons. The van der Waals surface area contributed by atoms with Gasteiger partial charge < -0.3 is 4.42 Å². The average molecular weight is 479 g/mol. The van der Waals surface area contributed by atoms with Crippen molar-refractivity contribution >= 4 is 32.8 Å². The highest BCUT2D eigenvalue weighted by Crippen LogP contribution is 2.30. The number of hydrogen-bond acceptors (Lipinski definition) is 6. The predicted molar refractivity (Wildman–Crippen MR) is 116 cm³/mol. The zero-order valence-corrected chi connectivity index (χ0v) is 18.6. The van der Waals surface area contributed by atoms with E-state index < -0.39 is 28.3 Å². The van der Waals surface area contributed by atoms with E-state index in [0.717, 1.165) is 43.3 Å². The summed E-state index contributed by atoms with van der Waals surface area (Å²) in [5.41, 5.74) is -0.124. The van der Waals surface area contributed by atoms with Gasteiger partial charge in [-0.2, -0.15) is 21.6 Å². The lowest BCUT2D eigenvalue weighted by Gasteiger charge is -2.09. The summed E-state index contributed by atoms with van der Waals surface area (Å²) in [5, 5.41) is 1.29. The first kappa shape index (κ1) is 25.5. The maximum atomic E-state index is 12.7. The molecule has 0 aliphatic heterocycles. The topological polar surface area (TPSA) is 73.6 Å². The Balaban J connectivity index is 1.77. The van der Waals surface area contributed by atoms with Gasteiger partial charge in [-0.25, -0.2) is 4.79 Å². The standard InChI is InChI=1S/C21H25F3O5S2/c1-2-31(26,27)28-11-7-5-3-4-6-8-12-30-19-14-20(25)29-18-10-9-16(13-17(18)19)15-21(22,23)24/h2,9-10,13-14H,1,3-8,11-12,15H2. The van der Waals surface area contributed by atoms with Crippen LogP contribution in [-0.4, -0.2) is 27.0 Å². The van der Waals surface area contributed by atoms with Gasteiger partial charge in [-0.15, -0.1) is 11.8 Å². The average Bonchev–Trinajstić information content (AvgIpc) is 2.68. The lowest BCUT2D eigenvalue weighted by atomic mass is 10.1. The van der Waals surface area contributed by atoms with Crippen LogP contribution in [0.3, 0.4) is 0 Å². The molecule has 0 radical (unpaired) electrons. The van der Waals surface area contributed by atoms with Gasteiger partial charge in [0.05, 0.1) is 18.4 Å². The molecule has 5 nitrogen and oxygen atoms in total. The van der Waals surface area contributed by atoms with E-state index in [1.807, 2.05) is 0 Å². The summed E-state index contributed by atoms with van der Waals surface area (Å²) in [4.78, 5) is 12.4. The Morgan fingerprint density at radius 1 is 1.06 bits per heavy atom. The van der Waals surface area contributed by atoms with Crippen LogP contribution in [0.1, 0.15) is 44.1 Å². The molecule has 2 aromatic rings. The van der Waals surface area contributed by atoms with Gasteiger partial charge in [-0.3, -0.25) is 4.18 Å². The predicted octanol–water partition coefficient (Wildman–Crippen LogP) is 5.82.